The average Bonchev–Trinajstić information content (AvgIpc) is 2.34. The lowest BCUT2D eigenvalue weighted by Gasteiger charge is -2.10. The van der Waals surface area contributed by atoms with Crippen LogP contribution < -0.4 is 15.8 Å². The van der Waals surface area contributed by atoms with E-state index in [0.717, 1.165) is 0 Å². The van der Waals surface area contributed by atoms with Crippen LogP contribution in [0.2, 0.25) is 0 Å². The lowest BCUT2D eigenvalue weighted by Crippen LogP contribution is -2.36. The highest BCUT2D eigenvalue weighted by Crippen LogP contribution is 2.19. The third-order valence-electron chi connectivity index (χ3n) is 2.24. The average molecular weight is 254 g/mol. The van der Waals surface area contributed by atoms with Gasteiger partial charge < -0.3 is 26.0 Å². The third kappa shape index (κ3) is 3.36. The fraction of sp³-hybridized carbons (Fsp3) is 0.273. The van der Waals surface area contributed by atoms with Gasteiger partial charge >= 0.3 is 5.97 Å². The van der Waals surface area contributed by atoms with Gasteiger partial charge in [0, 0.05) is 11.8 Å². The Morgan fingerprint density at radius 2 is 2.17 bits per heavy atom. The van der Waals surface area contributed by atoms with Crippen LogP contribution in [0.15, 0.2) is 18.2 Å². The Kier molecular flexibility index (Phi) is 4.50. The number of aliphatic carboxylic acids is 1. The van der Waals surface area contributed by atoms with Gasteiger partial charge in [-0.2, -0.15) is 0 Å². The van der Waals surface area contributed by atoms with Crippen LogP contribution in [0.5, 0.6) is 5.75 Å². The van der Waals surface area contributed by atoms with Crippen LogP contribution in [-0.2, 0) is 4.79 Å². The second-order valence-electron chi connectivity index (χ2n) is 3.52. The number of methoxy groups -OCH3 is 1. The quantitative estimate of drug-likeness (QED) is 0.523. The fourth-order valence-corrected chi connectivity index (χ4v) is 1.25. The topological polar surface area (TPSA) is 122 Å². The van der Waals surface area contributed by atoms with E-state index in [9.17, 15) is 9.59 Å². The second-order valence-corrected chi connectivity index (χ2v) is 3.52. The Morgan fingerprint density at radius 3 is 2.67 bits per heavy atom. The van der Waals surface area contributed by atoms with E-state index < -0.39 is 18.0 Å². The molecule has 0 heterocycles. The maximum atomic E-state index is 11.7. The van der Waals surface area contributed by atoms with Gasteiger partial charge in [-0.15, -0.1) is 0 Å². The number of hydrogen-bond donors (Lipinski definition) is 4. The number of aliphatic hydroxyl groups excluding tert-OH is 1. The van der Waals surface area contributed by atoms with E-state index in [4.69, 9.17) is 20.7 Å². The lowest BCUT2D eigenvalue weighted by molar-refractivity contribution is -0.146. The van der Waals surface area contributed by atoms with Crippen LogP contribution in [-0.4, -0.2) is 41.8 Å². The molecule has 1 rings (SSSR count). The molecule has 1 aromatic carbocycles. The second kappa shape index (κ2) is 5.87. The summed E-state index contributed by atoms with van der Waals surface area (Å²) in [5, 5.41) is 19.7. The van der Waals surface area contributed by atoms with E-state index in [1.807, 2.05) is 0 Å². The molecular weight excluding hydrogens is 240 g/mol. The molecule has 1 aromatic rings. The molecule has 1 atom stereocenters. The van der Waals surface area contributed by atoms with Crippen molar-refractivity contribution in [2.75, 3.05) is 19.4 Å². The van der Waals surface area contributed by atoms with Crippen molar-refractivity contribution in [2.24, 2.45) is 0 Å². The van der Waals surface area contributed by atoms with Gasteiger partial charge in [0.05, 0.1) is 19.2 Å². The zero-order valence-corrected chi connectivity index (χ0v) is 9.71. The van der Waals surface area contributed by atoms with Crippen LogP contribution in [0.3, 0.4) is 0 Å². The first-order chi connectivity index (χ1) is 8.45. The van der Waals surface area contributed by atoms with E-state index in [1.54, 1.807) is 6.07 Å². The van der Waals surface area contributed by atoms with Crippen LogP contribution in [0, 0.1) is 0 Å². The molecule has 0 unspecified atom stereocenters. The Balaban J connectivity index is 2.70. The van der Waals surface area contributed by atoms with E-state index >= 15 is 0 Å². The molecule has 0 aliphatic heterocycles. The van der Waals surface area contributed by atoms with Gasteiger partial charge in [0.15, 0.2) is 6.10 Å². The predicted octanol–water partition coefficient (Wildman–Crippen LogP) is -0.547. The molecule has 18 heavy (non-hydrogen) atoms. The first-order valence-electron chi connectivity index (χ1n) is 5.08. The number of benzene rings is 1. The first-order valence-corrected chi connectivity index (χ1v) is 5.08. The Morgan fingerprint density at radius 1 is 1.50 bits per heavy atom. The minimum atomic E-state index is -1.64. The van der Waals surface area contributed by atoms with Crippen molar-refractivity contribution < 1.29 is 24.5 Å². The molecular formula is C11H14N2O5. The third-order valence-corrected chi connectivity index (χ3v) is 2.24. The van der Waals surface area contributed by atoms with Crippen molar-refractivity contribution in [1.29, 1.82) is 0 Å². The number of carboxylic acids is 1. The van der Waals surface area contributed by atoms with Crippen LogP contribution in [0.4, 0.5) is 5.69 Å². The zero-order valence-electron chi connectivity index (χ0n) is 9.71. The molecule has 98 valence electrons. The SMILES string of the molecule is COc1ccc(C(=O)NC[C@H](O)C(=O)O)c(N)c1. The number of nitrogen functional groups attached to an aromatic ring is 1. The highest BCUT2D eigenvalue weighted by atomic mass is 16.5. The summed E-state index contributed by atoms with van der Waals surface area (Å²) in [5.41, 5.74) is 6.04. The Labute approximate surface area is 103 Å². The number of amides is 1. The highest BCUT2D eigenvalue weighted by molar-refractivity contribution is 5.99. The number of carbonyl (C=O) groups excluding carboxylic acids is 1. The van der Waals surface area contributed by atoms with Crippen molar-refractivity contribution in [1.82, 2.24) is 5.32 Å². The molecule has 7 nitrogen and oxygen atoms in total. The largest absolute Gasteiger partial charge is 0.497 e. The van der Waals surface area contributed by atoms with E-state index in [2.05, 4.69) is 5.32 Å². The Bertz CT molecular complexity index is 461. The molecule has 0 radical (unpaired) electrons. The minimum Gasteiger partial charge on any atom is -0.497 e. The summed E-state index contributed by atoms with van der Waals surface area (Å²) in [7, 11) is 1.47. The number of aliphatic hydroxyl groups is 1. The molecule has 0 fully saturated rings. The number of rotatable bonds is 5. The van der Waals surface area contributed by atoms with Gasteiger partial charge in [-0.05, 0) is 12.1 Å². The molecule has 7 heteroatoms. The minimum absolute atomic E-state index is 0.188. The molecule has 1 amide bonds. The molecule has 0 saturated heterocycles. The fourth-order valence-electron chi connectivity index (χ4n) is 1.25. The van der Waals surface area contributed by atoms with E-state index in [0.29, 0.717) is 5.75 Å². The van der Waals surface area contributed by atoms with E-state index in [-0.39, 0.29) is 17.8 Å². The van der Waals surface area contributed by atoms with Crippen LogP contribution in [0.25, 0.3) is 0 Å². The van der Waals surface area contributed by atoms with Crippen molar-refractivity contribution in [3.8, 4) is 5.75 Å². The van der Waals surface area contributed by atoms with Gasteiger partial charge in [0.2, 0.25) is 0 Å². The number of anilines is 1. The molecule has 0 aliphatic carbocycles. The van der Waals surface area contributed by atoms with Gasteiger partial charge in [0.1, 0.15) is 5.75 Å². The predicted molar refractivity (Wildman–Crippen MR) is 63.4 cm³/mol. The van der Waals surface area contributed by atoms with Crippen molar-refractivity contribution in [3.05, 3.63) is 23.8 Å². The molecule has 0 aromatic heterocycles. The first kappa shape index (κ1) is 13.8. The van der Waals surface area contributed by atoms with E-state index in [1.165, 1.54) is 19.2 Å². The number of hydrogen-bond acceptors (Lipinski definition) is 5. The van der Waals surface area contributed by atoms with Gasteiger partial charge in [-0.3, -0.25) is 4.79 Å². The monoisotopic (exact) mass is 254 g/mol. The Hall–Kier alpha value is -2.28. The molecule has 0 aliphatic rings. The summed E-state index contributed by atoms with van der Waals surface area (Å²) < 4.78 is 4.93. The van der Waals surface area contributed by atoms with Gasteiger partial charge in [-0.1, -0.05) is 0 Å². The summed E-state index contributed by atoms with van der Waals surface area (Å²) in [4.78, 5) is 22.0. The zero-order chi connectivity index (χ0) is 13.7. The number of ether oxygens (including phenoxy) is 1. The summed E-state index contributed by atoms with van der Waals surface area (Å²) >= 11 is 0. The maximum absolute atomic E-state index is 11.7. The van der Waals surface area contributed by atoms with Crippen LogP contribution >= 0.6 is 0 Å². The number of nitrogens with two attached hydrogens (primary N) is 1. The summed E-state index contributed by atoms with van der Waals surface area (Å²) in [6.07, 6.45) is -1.64. The summed E-state index contributed by atoms with van der Waals surface area (Å²) in [6, 6.07) is 4.48. The normalized spacial score (nSPS) is 11.7. The van der Waals surface area contributed by atoms with Gasteiger partial charge in [-0.25, -0.2) is 4.79 Å². The smallest absolute Gasteiger partial charge is 0.334 e. The van der Waals surface area contributed by atoms with Crippen molar-refractivity contribution in [3.63, 3.8) is 0 Å². The maximum Gasteiger partial charge on any atom is 0.334 e. The summed E-state index contributed by atoms with van der Waals surface area (Å²) in [5.74, 6) is -1.46. The highest BCUT2D eigenvalue weighted by Gasteiger charge is 2.16. The number of carboxylic acid groups (broad SMARTS) is 1. The van der Waals surface area contributed by atoms with Gasteiger partial charge in [0.25, 0.3) is 5.91 Å². The standard InChI is InChI=1S/C11H14N2O5/c1-18-6-2-3-7(8(12)4-6)10(15)13-5-9(14)11(16)17/h2-4,9,14H,5,12H2,1H3,(H,13,15)(H,16,17)/t9-/m0/s1. The number of nitrogens with one attached hydrogen (secondary N) is 1. The van der Waals surface area contributed by atoms with Crippen LogP contribution in [0.1, 0.15) is 10.4 Å². The molecule has 0 saturated carbocycles. The lowest BCUT2D eigenvalue weighted by atomic mass is 10.1. The molecule has 0 bridgehead atoms. The summed E-state index contributed by atoms with van der Waals surface area (Å²) in [6.45, 7) is -0.389. The number of carbonyl (C=O) groups is 2. The van der Waals surface area contributed by atoms with Crippen molar-refractivity contribution in [2.45, 2.75) is 6.10 Å². The van der Waals surface area contributed by atoms with Crippen molar-refractivity contribution >= 4 is 17.6 Å². The molecule has 5 N–H and O–H groups in total. The molecule has 0 spiro atoms.